The molecule has 1 N–H and O–H groups in total. The first-order valence-electron chi connectivity index (χ1n) is 5.90. The second-order valence-corrected chi connectivity index (χ2v) is 5.10. The van der Waals surface area contributed by atoms with Gasteiger partial charge in [-0.2, -0.15) is 0 Å². The molecule has 0 atom stereocenters. The highest BCUT2D eigenvalue weighted by Crippen LogP contribution is 2.30. The van der Waals surface area contributed by atoms with Gasteiger partial charge in [-0.05, 0) is 40.2 Å². The maximum atomic E-state index is 13.7. The third kappa shape index (κ3) is 2.36. The van der Waals surface area contributed by atoms with E-state index in [-0.39, 0.29) is 5.52 Å². The first-order chi connectivity index (χ1) is 9.65. The fraction of sp³-hybridized carbons (Fsp3) is 0. The minimum absolute atomic E-state index is 0.142. The maximum Gasteiger partial charge on any atom is 0.152 e. The second kappa shape index (κ2) is 5.17. The predicted molar refractivity (Wildman–Crippen MR) is 79.1 cm³/mol. The van der Waals surface area contributed by atoms with E-state index in [1.807, 2.05) is 24.3 Å². The van der Waals surface area contributed by atoms with Crippen LogP contribution in [0.3, 0.4) is 0 Å². The van der Waals surface area contributed by atoms with Crippen LogP contribution in [-0.2, 0) is 0 Å². The van der Waals surface area contributed by atoms with Gasteiger partial charge in [0.1, 0.15) is 11.3 Å². The van der Waals surface area contributed by atoms with Crippen LogP contribution in [0.25, 0.3) is 10.9 Å². The number of hydrogen-bond donors (Lipinski definition) is 1. The summed E-state index contributed by atoms with van der Waals surface area (Å²) in [5.74, 6) is -1.30. The Bertz CT molecular complexity index is 790. The highest BCUT2D eigenvalue weighted by atomic mass is 79.9. The molecule has 0 saturated carbocycles. The zero-order valence-electron chi connectivity index (χ0n) is 10.2. The van der Waals surface area contributed by atoms with Crippen LogP contribution in [0.4, 0.5) is 20.2 Å². The van der Waals surface area contributed by atoms with Gasteiger partial charge in [0.05, 0.1) is 5.69 Å². The molecule has 3 rings (SSSR count). The SMILES string of the molecule is Fc1cc(F)c2nccc(Nc3ccccc3Br)c2c1. The summed E-state index contributed by atoms with van der Waals surface area (Å²) in [5, 5.41) is 3.55. The van der Waals surface area contributed by atoms with E-state index in [2.05, 4.69) is 26.2 Å². The molecular formula is C15H9BrF2N2. The van der Waals surface area contributed by atoms with Crippen LogP contribution in [-0.4, -0.2) is 4.98 Å². The van der Waals surface area contributed by atoms with Crippen molar-refractivity contribution in [3.63, 3.8) is 0 Å². The number of halogens is 3. The minimum Gasteiger partial charge on any atom is -0.354 e. The Labute approximate surface area is 122 Å². The lowest BCUT2D eigenvalue weighted by Crippen LogP contribution is -1.95. The molecule has 0 aliphatic carbocycles. The van der Waals surface area contributed by atoms with Crippen LogP contribution in [0.1, 0.15) is 0 Å². The average molecular weight is 335 g/mol. The molecule has 0 saturated heterocycles. The summed E-state index contributed by atoms with van der Waals surface area (Å²) in [7, 11) is 0. The Hall–Kier alpha value is -2.01. The Morgan fingerprint density at radius 3 is 2.60 bits per heavy atom. The molecular weight excluding hydrogens is 326 g/mol. The number of para-hydroxylation sites is 1. The number of anilines is 2. The number of nitrogens with zero attached hydrogens (tertiary/aromatic N) is 1. The van der Waals surface area contributed by atoms with Crippen molar-refractivity contribution in [1.29, 1.82) is 0 Å². The lowest BCUT2D eigenvalue weighted by Gasteiger charge is -2.11. The summed E-state index contributed by atoms with van der Waals surface area (Å²) in [4.78, 5) is 3.95. The largest absolute Gasteiger partial charge is 0.354 e. The molecule has 2 nitrogen and oxygen atoms in total. The van der Waals surface area contributed by atoms with Crippen molar-refractivity contribution in [2.24, 2.45) is 0 Å². The number of aromatic nitrogens is 1. The van der Waals surface area contributed by atoms with Gasteiger partial charge < -0.3 is 5.32 Å². The highest BCUT2D eigenvalue weighted by molar-refractivity contribution is 9.10. The van der Waals surface area contributed by atoms with Crippen LogP contribution in [0.5, 0.6) is 0 Å². The first kappa shape index (κ1) is 13.0. The van der Waals surface area contributed by atoms with E-state index >= 15 is 0 Å². The molecule has 2 aromatic carbocycles. The fourth-order valence-electron chi connectivity index (χ4n) is 2.00. The summed E-state index contributed by atoms with van der Waals surface area (Å²) in [5.41, 5.74) is 1.55. The van der Waals surface area contributed by atoms with Gasteiger partial charge in [0, 0.05) is 27.8 Å². The second-order valence-electron chi connectivity index (χ2n) is 4.25. The molecule has 5 heteroatoms. The molecule has 0 radical (unpaired) electrons. The van der Waals surface area contributed by atoms with Gasteiger partial charge in [-0.25, -0.2) is 8.78 Å². The zero-order chi connectivity index (χ0) is 14.1. The average Bonchev–Trinajstić information content (AvgIpc) is 2.42. The predicted octanol–water partition coefficient (Wildman–Crippen LogP) is 5.02. The van der Waals surface area contributed by atoms with Crippen molar-refractivity contribution in [1.82, 2.24) is 4.98 Å². The van der Waals surface area contributed by atoms with E-state index in [4.69, 9.17) is 0 Å². The van der Waals surface area contributed by atoms with Crippen LogP contribution >= 0.6 is 15.9 Å². The van der Waals surface area contributed by atoms with Crippen LogP contribution < -0.4 is 5.32 Å². The van der Waals surface area contributed by atoms with Crippen molar-refractivity contribution in [3.8, 4) is 0 Å². The summed E-state index contributed by atoms with van der Waals surface area (Å²) >= 11 is 3.42. The van der Waals surface area contributed by atoms with E-state index in [1.54, 1.807) is 6.07 Å². The Balaban J connectivity index is 2.15. The molecule has 1 heterocycles. The Kier molecular flexibility index (Phi) is 3.36. The van der Waals surface area contributed by atoms with E-state index in [0.717, 1.165) is 16.2 Å². The summed E-state index contributed by atoms with van der Waals surface area (Å²) in [6.07, 6.45) is 1.49. The first-order valence-corrected chi connectivity index (χ1v) is 6.70. The van der Waals surface area contributed by atoms with E-state index in [9.17, 15) is 8.78 Å². The molecule has 0 amide bonds. The van der Waals surface area contributed by atoms with Crippen LogP contribution in [0.2, 0.25) is 0 Å². The Morgan fingerprint density at radius 1 is 1.00 bits per heavy atom. The molecule has 0 unspecified atom stereocenters. The van der Waals surface area contributed by atoms with Gasteiger partial charge in [-0.3, -0.25) is 4.98 Å². The summed E-state index contributed by atoms with van der Waals surface area (Å²) < 4.78 is 28.0. The monoisotopic (exact) mass is 334 g/mol. The third-order valence-corrected chi connectivity index (χ3v) is 3.60. The topological polar surface area (TPSA) is 24.9 Å². The van der Waals surface area contributed by atoms with Gasteiger partial charge >= 0.3 is 0 Å². The van der Waals surface area contributed by atoms with Crippen molar-refractivity contribution < 1.29 is 8.78 Å². The van der Waals surface area contributed by atoms with E-state index in [1.165, 1.54) is 12.3 Å². The standard InChI is InChI=1S/C15H9BrF2N2/c16-11-3-1-2-4-14(11)20-13-5-6-19-15-10(13)7-9(17)8-12(15)18/h1-8H,(H,19,20). The van der Waals surface area contributed by atoms with Crippen molar-refractivity contribution in [2.75, 3.05) is 5.32 Å². The van der Waals surface area contributed by atoms with Gasteiger partial charge in [-0.1, -0.05) is 12.1 Å². The number of nitrogens with one attached hydrogen (secondary N) is 1. The smallest absolute Gasteiger partial charge is 0.152 e. The quantitative estimate of drug-likeness (QED) is 0.711. The summed E-state index contributed by atoms with van der Waals surface area (Å²) in [6.45, 7) is 0. The molecule has 1 aromatic heterocycles. The molecule has 0 bridgehead atoms. The van der Waals surface area contributed by atoms with Crippen LogP contribution in [0, 0.1) is 11.6 Å². The number of rotatable bonds is 2. The lowest BCUT2D eigenvalue weighted by molar-refractivity contribution is 0.590. The van der Waals surface area contributed by atoms with Gasteiger partial charge in [0.15, 0.2) is 5.82 Å². The van der Waals surface area contributed by atoms with Gasteiger partial charge in [0.2, 0.25) is 0 Å². The molecule has 0 aliphatic rings. The third-order valence-electron chi connectivity index (χ3n) is 2.91. The van der Waals surface area contributed by atoms with Crippen molar-refractivity contribution >= 4 is 38.2 Å². The van der Waals surface area contributed by atoms with Gasteiger partial charge in [-0.15, -0.1) is 0 Å². The zero-order valence-corrected chi connectivity index (χ0v) is 11.8. The molecule has 0 fully saturated rings. The highest BCUT2D eigenvalue weighted by Gasteiger charge is 2.10. The normalized spacial score (nSPS) is 10.8. The van der Waals surface area contributed by atoms with Crippen LogP contribution in [0.15, 0.2) is 53.1 Å². The van der Waals surface area contributed by atoms with Crippen molar-refractivity contribution in [3.05, 3.63) is 64.8 Å². The summed E-state index contributed by atoms with van der Waals surface area (Å²) in [6, 6.07) is 11.3. The maximum absolute atomic E-state index is 13.7. The Morgan fingerprint density at radius 2 is 1.80 bits per heavy atom. The number of hydrogen-bond acceptors (Lipinski definition) is 2. The van der Waals surface area contributed by atoms with E-state index in [0.29, 0.717) is 11.1 Å². The van der Waals surface area contributed by atoms with Gasteiger partial charge in [0.25, 0.3) is 0 Å². The molecule has 0 aliphatic heterocycles. The van der Waals surface area contributed by atoms with E-state index < -0.39 is 11.6 Å². The molecule has 20 heavy (non-hydrogen) atoms. The lowest BCUT2D eigenvalue weighted by atomic mass is 10.1. The number of fused-ring (bicyclic) bond motifs is 1. The molecule has 0 spiro atoms. The molecule has 100 valence electrons. The minimum atomic E-state index is -0.671. The van der Waals surface area contributed by atoms with Crippen molar-refractivity contribution in [2.45, 2.75) is 0 Å². The molecule has 3 aromatic rings. The fourth-order valence-corrected chi connectivity index (χ4v) is 2.38. The number of benzene rings is 2. The number of pyridine rings is 1.